The fraction of sp³-hybridized carbons (Fsp3) is 0.278. The van der Waals surface area contributed by atoms with E-state index in [9.17, 15) is 18.0 Å². The number of benzene rings is 4. The summed E-state index contributed by atoms with van der Waals surface area (Å²) in [5.41, 5.74) is 2.87. The summed E-state index contributed by atoms with van der Waals surface area (Å²) in [5.74, 6) is -0.482. The van der Waals surface area contributed by atoms with E-state index in [1.807, 2.05) is 68.4 Å². The molecule has 0 heterocycles. The number of hydrogen-bond donors (Lipinski definition) is 1. The molecule has 0 saturated carbocycles. The minimum absolute atomic E-state index is 0.0121. The highest BCUT2D eigenvalue weighted by Gasteiger charge is 2.34. The lowest BCUT2D eigenvalue weighted by Gasteiger charge is -2.34. The van der Waals surface area contributed by atoms with Gasteiger partial charge in [0.15, 0.2) is 0 Å². The normalized spacial score (nSPS) is 11.8. The fourth-order valence-electron chi connectivity index (χ4n) is 5.13. The average Bonchev–Trinajstić information content (AvgIpc) is 3.06. The molecule has 4 aromatic carbocycles. The molecule has 1 atom stereocenters. The second-order valence-corrected chi connectivity index (χ2v) is 13.3. The van der Waals surface area contributed by atoms with Gasteiger partial charge in [-0.1, -0.05) is 103 Å². The number of amides is 2. The van der Waals surface area contributed by atoms with E-state index in [1.165, 1.54) is 30.2 Å². The van der Waals surface area contributed by atoms with Gasteiger partial charge < -0.3 is 15.0 Å². The maximum Gasteiger partial charge on any atom is 0.264 e. The van der Waals surface area contributed by atoms with Crippen molar-refractivity contribution in [2.75, 3.05) is 24.5 Å². The van der Waals surface area contributed by atoms with E-state index in [-0.39, 0.29) is 34.5 Å². The second-order valence-electron chi connectivity index (χ2n) is 11.0. The Bertz CT molecular complexity index is 1720. The number of unbranched alkanes of at least 4 members (excludes halogenated alkanes) is 1. The van der Waals surface area contributed by atoms with E-state index < -0.39 is 28.5 Å². The number of rotatable bonds is 15. The average molecular weight is 662 g/mol. The number of nitrogens with one attached hydrogen (secondary N) is 1. The van der Waals surface area contributed by atoms with Crippen molar-refractivity contribution in [3.8, 4) is 5.75 Å². The van der Waals surface area contributed by atoms with Crippen molar-refractivity contribution in [3.05, 3.63) is 125 Å². The van der Waals surface area contributed by atoms with E-state index in [4.69, 9.17) is 16.3 Å². The maximum absolute atomic E-state index is 14.6. The molecule has 1 N–H and O–H groups in total. The van der Waals surface area contributed by atoms with Gasteiger partial charge in [0, 0.05) is 19.5 Å². The van der Waals surface area contributed by atoms with Crippen molar-refractivity contribution in [1.29, 1.82) is 0 Å². The third kappa shape index (κ3) is 8.89. The van der Waals surface area contributed by atoms with Crippen LogP contribution in [0.2, 0.25) is 5.02 Å². The smallest absolute Gasteiger partial charge is 0.264 e. The molecule has 46 heavy (non-hydrogen) atoms. The lowest BCUT2D eigenvalue weighted by atomic mass is 10.0. The van der Waals surface area contributed by atoms with Gasteiger partial charge in [-0.15, -0.1) is 0 Å². The lowest BCUT2D eigenvalue weighted by Crippen LogP contribution is -2.53. The molecule has 0 aliphatic rings. The van der Waals surface area contributed by atoms with Crippen molar-refractivity contribution in [1.82, 2.24) is 10.2 Å². The summed E-state index contributed by atoms with van der Waals surface area (Å²) < 4.78 is 34.6. The van der Waals surface area contributed by atoms with Gasteiger partial charge in [-0.2, -0.15) is 0 Å². The molecule has 4 rings (SSSR count). The number of carbonyl (C=O) groups excluding carboxylic acids is 2. The minimum Gasteiger partial charge on any atom is -0.495 e. The Labute approximate surface area is 277 Å². The number of halogens is 1. The highest BCUT2D eigenvalue weighted by molar-refractivity contribution is 7.92. The van der Waals surface area contributed by atoms with Crippen molar-refractivity contribution < 1.29 is 22.7 Å². The predicted octanol–water partition coefficient (Wildman–Crippen LogP) is 6.41. The van der Waals surface area contributed by atoms with Gasteiger partial charge in [-0.25, -0.2) is 8.42 Å². The first-order valence-electron chi connectivity index (χ1n) is 15.2. The number of sulfonamides is 1. The Kier molecular flexibility index (Phi) is 12.2. The van der Waals surface area contributed by atoms with E-state index in [0.717, 1.165) is 33.8 Å². The van der Waals surface area contributed by atoms with Crippen molar-refractivity contribution >= 4 is 39.1 Å². The molecule has 0 saturated heterocycles. The van der Waals surface area contributed by atoms with E-state index in [0.29, 0.717) is 12.3 Å². The Morgan fingerprint density at radius 1 is 0.891 bits per heavy atom. The number of ether oxygens (including phenoxy) is 1. The maximum atomic E-state index is 14.6. The van der Waals surface area contributed by atoms with Gasteiger partial charge >= 0.3 is 0 Å². The molecule has 0 aromatic heterocycles. The molecule has 4 aromatic rings. The van der Waals surface area contributed by atoms with E-state index in [1.54, 1.807) is 30.3 Å². The van der Waals surface area contributed by atoms with Crippen LogP contribution in [0.1, 0.15) is 36.5 Å². The quantitative estimate of drug-likeness (QED) is 0.149. The van der Waals surface area contributed by atoms with Crippen LogP contribution in [0.4, 0.5) is 5.69 Å². The Hall–Kier alpha value is -4.34. The zero-order valence-corrected chi connectivity index (χ0v) is 27.9. The van der Waals surface area contributed by atoms with Crippen LogP contribution in [0, 0.1) is 6.92 Å². The summed E-state index contributed by atoms with van der Waals surface area (Å²) in [6, 6.07) is 28.7. The summed E-state index contributed by atoms with van der Waals surface area (Å²) >= 11 is 6.44. The van der Waals surface area contributed by atoms with Gasteiger partial charge in [0.25, 0.3) is 10.0 Å². The summed E-state index contributed by atoms with van der Waals surface area (Å²) in [4.78, 5) is 29.9. The molecule has 242 valence electrons. The second kappa shape index (κ2) is 16.3. The molecule has 0 unspecified atom stereocenters. The lowest BCUT2D eigenvalue weighted by molar-refractivity contribution is -0.140. The number of carbonyl (C=O) groups is 2. The number of nitrogens with zero attached hydrogens (tertiary/aromatic N) is 2. The zero-order valence-electron chi connectivity index (χ0n) is 26.4. The molecule has 0 fully saturated rings. The molecular formula is C36H40ClN3O5S. The first kappa shape index (κ1) is 34.5. The topological polar surface area (TPSA) is 96.0 Å². The molecule has 10 heteroatoms. The molecule has 0 spiro atoms. The van der Waals surface area contributed by atoms with Crippen molar-refractivity contribution in [3.63, 3.8) is 0 Å². The van der Waals surface area contributed by atoms with Gasteiger partial charge in [0.2, 0.25) is 11.8 Å². The van der Waals surface area contributed by atoms with Gasteiger partial charge in [-0.05, 0) is 54.8 Å². The fourth-order valence-corrected chi connectivity index (χ4v) is 6.81. The van der Waals surface area contributed by atoms with E-state index in [2.05, 4.69) is 5.32 Å². The largest absolute Gasteiger partial charge is 0.495 e. The van der Waals surface area contributed by atoms with Crippen LogP contribution in [-0.2, 0) is 32.6 Å². The van der Waals surface area contributed by atoms with Crippen LogP contribution in [0.25, 0.3) is 0 Å². The summed E-state index contributed by atoms with van der Waals surface area (Å²) in [6.45, 7) is 3.98. The zero-order chi connectivity index (χ0) is 33.1. The van der Waals surface area contributed by atoms with Crippen LogP contribution in [0.3, 0.4) is 0 Å². The van der Waals surface area contributed by atoms with Crippen LogP contribution in [0.5, 0.6) is 5.75 Å². The summed E-state index contributed by atoms with van der Waals surface area (Å²) in [6.07, 6.45) is 1.93. The molecule has 2 amide bonds. The van der Waals surface area contributed by atoms with E-state index >= 15 is 0 Å². The monoisotopic (exact) mass is 661 g/mol. The standard InChI is InChI=1S/C36H40ClN3O5S/c1-4-5-21-38-36(42)33(23-28-14-8-6-9-15-28)39(25-29-16-12-13-27(2)22-29)35(41)26-40(30-19-20-34(45-3)32(37)24-30)46(43,44)31-17-10-7-11-18-31/h6-20,22,24,33H,4-5,21,23,25-26H2,1-3H3,(H,38,42)/t33-/m0/s1. The van der Waals surface area contributed by atoms with Crippen molar-refractivity contribution in [2.45, 2.75) is 50.6 Å². The molecule has 8 nitrogen and oxygen atoms in total. The minimum atomic E-state index is -4.24. The van der Waals surface area contributed by atoms with Crippen LogP contribution in [-0.4, -0.2) is 51.4 Å². The van der Waals surface area contributed by atoms with Crippen LogP contribution >= 0.6 is 11.6 Å². The number of hydrogen-bond acceptors (Lipinski definition) is 5. The number of anilines is 1. The first-order valence-corrected chi connectivity index (χ1v) is 17.0. The molecule has 0 radical (unpaired) electrons. The molecule has 0 aliphatic carbocycles. The summed E-state index contributed by atoms with van der Waals surface area (Å²) in [5, 5.41) is 3.19. The number of aryl methyl sites for hydroxylation is 1. The Morgan fingerprint density at radius 3 is 2.20 bits per heavy atom. The Balaban J connectivity index is 1.81. The molecular weight excluding hydrogens is 622 g/mol. The number of methoxy groups -OCH3 is 1. The molecule has 0 bridgehead atoms. The first-order chi connectivity index (χ1) is 22.1. The third-order valence-corrected chi connectivity index (χ3v) is 9.65. The molecule has 0 aliphatic heterocycles. The Morgan fingerprint density at radius 2 is 1.57 bits per heavy atom. The van der Waals surface area contributed by atoms with Crippen LogP contribution < -0.4 is 14.4 Å². The van der Waals surface area contributed by atoms with Gasteiger partial charge in [-0.3, -0.25) is 13.9 Å². The van der Waals surface area contributed by atoms with Crippen molar-refractivity contribution in [2.24, 2.45) is 0 Å². The summed E-state index contributed by atoms with van der Waals surface area (Å²) in [7, 11) is -2.77. The SMILES string of the molecule is CCCCNC(=O)[C@H](Cc1ccccc1)N(Cc1cccc(C)c1)C(=O)CN(c1ccc(OC)c(Cl)c1)S(=O)(=O)c1ccccc1. The predicted molar refractivity (Wildman–Crippen MR) is 183 cm³/mol. The van der Waals surface area contributed by atoms with Gasteiger partial charge in [0.1, 0.15) is 18.3 Å². The highest BCUT2D eigenvalue weighted by atomic mass is 35.5. The third-order valence-electron chi connectivity index (χ3n) is 7.57. The highest BCUT2D eigenvalue weighted by Crippen LogP contribution is 2.32. The van der Waals surface area contributed by atoms with Gasteiger partial charge in [0.05, 0.1) is 22.7 Å². The van der Waals surface area contributed by atoms with Crippen LogP contribution in [0.15, 0.2) is 108 Å².